The first kappa shape index (κ1) is 69.8. The van der Waals surface area contributed by atoms with Gasteiger partial charge in [0.15, 0.2) is 17.9 Å². The highest BCUT2D eigenvalue weighted by molar-refractivity contribution is 6.00. The topological polar surface area (TPSA) is 137 Å². The molecule has 0 bridgehead atoms. The summed E-state index contributed by atoms with van der Waals surface area (Å²) in [4.78, 5) is 23.6. The summed E-state index contributed by atoms with van der Waals surface area (Å²) in [6, 6.07) is 0. The third-order valence-electron chi connectivity index (χ3n) is 14.2. The number of methoxy groups -OCH3 is 2. The molecule has 5 heterocycles. The van der Waals surface area contributed by atoms with Gasteiger partial charge in [0.05, 0.1) is 43.2 Å². The van der Waals surface area contributed by atoms with Crippen LogP contribution in [-0.4, -0.2) is 119 Å². The Kier molecular flexibility index (Phi) is 37.4. The van der Waals surface area contributed by atoms with E-state index in [1.54, 1.807) is 14.2 Å². The van der Waals surface area contributed by atoms with Gasteiger partial charge in [-0.1, -0.05) is 120 Å². The SMILES string of the molecule is C.C.C.C.CC.CC.CC1=CCC2/C(=C/C=C/CC/C(C)=C/CC3CC(OC=O)CC4(CCC(C)C(C5CCCCC5)O4)O3)COC2C1=O.CO.CO[C@H]1CC(C)OC(OC2C(C)OCC[C@H]2OC)C1. The maximum atomic E-state index is 12.3. The lowest BCUT2D eigenvalue weighted by Crippen LogP contribution is -2.55. The van der Waals surface area contributed by atoms with Crippen molar-refractivity contribution in [1.29, 1.82) is 0 Å². The fourth-order valence-electron chi connectivity index (χ4n) is 10.6. The zero-order valence-corrected chi connectivity index (χ0v) is 43.1. The Balaban J connectivity index is 0. The van der Waals surface area contributed by atoms with Crippen LogP contribution in [0.15, 0.2) is 47.1 Å². The molecule has 1 N–H and O–H groups in total. The van der Waals surface area contributed by atoms with Crippen molar-refractivity contribution in [2.24, 2.45) is 17.8 Å². The van der Waals surface area contributed by atoms with Gasteiger partial charge in [0, 0.05) is 59.5 Å². The van der Waals surface area contributed by atoms with Gasteiger partial charge in [-0.15, -0.1) is 0 Å². The van der Waals surface area contributed by atoms with Gasteiger partial charge in [-0.2, -0.15) is 0 Å². The van der Waals surface area contributed by atoms with Crippen molar-refractivity contribution in [3.05, 3.63) is 47.1 Å². The summed E-state index contributed by atoms with van der Waals surface area (Å²) < 4.78 is 53.5. The van der Waals surface area contributed by atoms with E-state index in [1.807, 2.05) is 47.6 Å². The molecule has 0 aromatic heterocycles. The van der Waals surface area contributed by atoms with Crippen LogP contribution in [0.4, 0.5) is 0 Å². The van der Waals surface area contributed by atoms with Gasteiger partial charge >= 0.3 is 0 Å². The number of fused-ring (bicyclic) bond motifs is 1. The van der Waals surface area contributed by atoms with Crippen LogP contribution in [0, 0.1) is 17.8 Å². The van der Waals surface area contributed by atoms with Crippen LogP contribution in [-0.2, 0) is 52.2 Å². The standard InChI is InChI=1S/C35H50O6.C14H26O5.2C2H6.CH4O.4CH4/c1-24(10-6-4-9-13-28-22-38-34-31(28)17-15-25(2)32(34)37)14-16-29-20-30(39-23-36)21-35(40-29)19-18-26(3)33(41-35)27-11-7-5-8-12-27;1-9-7-11(15-3)8-13(18-9)19-14-10(2)17-6-5-12(14)16-4;3*1-2;;;;/h4,9,13-15,23,26-27,29-31,33-34H,5-8,10-12,16-22H2,1-3H3;9-14H,5-8H2,1-4H3;2*1-2H3;2H,1H3;4*1H4/b9-4+,24-14+,28-13+;;;;;;;;/t;9?,10?,11-,12+,13?,14?;;;;;;;/m.0......./s1. The Morgan fingerprint density at radius 2 is 1.59 bits per heavy atom. The van der Waals surface area contributed by atoms with Crippen molar-refractivity contribution in [2.45, 2.75) is 262 Å². The highest BCUT2D eigenvalue weighted by Gasteiger charge is 2.50. The Morgan fingerprint density at radius 3 is 2.24 bits per heavy atom. The molecule has 12 nitrogen and oxygen atoms in total. The first-order valence-corrected chi connectivity index (χ1v) is 25.7. The molecule has 5 aliphatic heterocycles. The zero-order chi connectivity index (χ0) is 48.6. The van der Waals surface area contributed by atoms with Crippen molar-refractivity contribution in [3.63, 3.8) is 0 Å². The van der Waals surface area contributed by atoms with Crippen molar-refractivity contribution in [1.82, 2.24) is 0 Å². The minimum absolute atomic E-state index is 0. The number of carbonyl (C=O) groups excluding carboxylic acids is 2. The Labute approximate surface area is 429 Å². The number of allylic oxidation sites excluding steroid dienone is 5. The number of aliphatic hydroxyl groups excluding tert-OH is 1. The van der Waals surface area contributed by atoms with Crippen LogP contribution in [0.5, 0.6) is 0 Å². The summed E-state index contributed by atoms with van der Waals surface area (Å²) in [5.41, 5.74) is 3.38. The molecule has 5 saturated heterocycles. The van der Waals surface area contributed by atoms with E-state index in [-0.39, 0.29) is 103 Å². The summed E-state index contributed by atoms with van der Waals surface area (Å²) in [6.07, 6.45) is 26.6. The van der Waals surface area contributed by atoms with Gasteiger partial charge in [0.1, 0.15) is 18.3 Å². The van der Waals surface area contributed by atoms with Crippen LogP contribution < -0.4 is 0 Å². The maximum Gasteiger partial charge on any atom is 0.293 e. The predicted molar refractivity (Wildman–Crippen MR) is 287 cm³/mol. The van der Waals surface area contributed by atoms with E-state index in [1.165, 1.54) is 43.3 Å². The van der Waals surface area contributed by atoms with Crippen molar-refractivity contribution in [2.75, 3.05) is 34.5 Å². The van der Waals surface area contributed by atoms with Crippen LogP contribution in [0.2, 0.25) is 0 Å². The molecule has 12 heteroatoms. The number of hydrogen-bond donors (Lipinski definition) is 1. The number of Topliss-reactive ketones (excluding diaryl/α,β-unsaturated/α-hetero) is 1. The normalized spacial score (nSPS) is 34.5. The Hall–Kier alpha value is -2.26. The quantitative estimate of drug-likeness (QED) is 0.139. The number of ketones is 1. The van der Waals surface area contributed by atoms with Gasteiger partial charge in [-0.25, -0.2) is 0 Å². The summed E-state index contributed by atoms with van der Waals surface area (Å²) >= 11 is 0. The average molecular weight is 997 g/mol. The summed E-state index contributed by atoms with van der Waals surface area (Å²) in [5, 5.41) is 7.00. The molecular formula is C58H108O12. The second kappa shape index (κ2) is 37.5. The van der Waals surface area contributed by atoms with Crippen LogP contribution in [0.1, 0.15) is 195 Å². The molecule has 6 fully saturated rings. The van der Waals surface area contributed by atoms with E-state index in [4.69, 9.17) is 47.7 Å². The fraction of sp³-hybridized carbons (Fsp3) is 0.828. The molecule has 0 aromatic carbocycles. The summed E-state index contributed by atoms with van der Waals surface area (Å²) in [5.74, 6) is 0.851. The van der Waals surface area contributed by atoms with Crippen molar-refractivity contribution < 1.29 is 57.3 Å². The van der Waals surface area contributed by atoms with Gasteiger partial charge in [0.2, 0.25) is 0 Å². The van der Waals surface area contributed by atoms with Crippen molar-refractivity contribution >= 4 is 12.3 Å². The van der Waals surface area contributed by atoms with E-state index in [2.05, 4.69) is 45.1 Å². The summed E-state index contributed by atoms with van der Waals surface area (Å²) in [7, 11) is 4.46. The third-order valence-corrected chi connectivity index (χ3v) is 14.2. The molecule has 11 unspecified atom stereocenters. The van der Waals surface area contributed by atoms with E-state index >= 15 is 0 Å². The second-order valence-corrected chi connectivity index (χ2v) is 18.7. The lowest BCUT2D eigenvalue weighted by Gasteiger charge is -2.51. The van der Waals surface area contributed by atoms with E-state index in [9.17, 15) is 9.59 Å². The minimum Gasteiger partial charge on any atom is -0.464 e. The highest BCUT2D eigenvalue weighted by Crippen LogP contribution is 2.46. The molecule has 0 amide bonds. The second-order valence-electron chi connectivity index (χ2n) is 18.7. The highest BCUT2D eigenvalue weighted by atomic mass is 16.7. The molecule has 70 heavy (non-hydrogen) atoms. The molecule has 1 saturated carbocycles. The average Bonchev–Trinajstić information content (AvgIpc) is 3.76. The van der Waals surface area contributed by atoms with Crippen molar-refractivity contribution in [3.8, 4) is 0 Å². The smallest absolute Gasteiger partial charge is 0.293 e. The molecule has 7 rings (SSSR count). The Morgan fingerprint density at radius 1 is 0.886 bits per heavy atom. The largest absolute Gasteiger partial charge is 0.464 e. The van der Waals surface area contributed by atoms with E-state index < -0.39 is 5.79 Å². The number of aliphatic hydroxyl groups is 1. The molecular weight excluding hydrogens is 889 g/mol. The molecule has 2 aliphatic carbocycles. The molecule has 412 valence electrons. The Bertz CT molecular complexity index is 1500. The fourth-order valence-corrected chi connectivity index (χ4v) is 10.6. The number of rotatable bonds is 13. The van der Waals surface area contributed by atoms with E-state index in [0.29, 0.717) is 37.8 Å². The molecule has 1 spiro atoms. The van der Waals surface area contributed by atoms with Gasteiger partial charge in [-0.05, 0) is 108 Å². The number of hydrogen-bond acceptors (Lipinski definition) is 12. The maximum absolute atomic E-state index is 12.3. The molecule has 13 atom stereocenters. The van der Waals surface area contributed by atoms with Crippen LogP contribution in [0.25, 0.3) is 0 Å². The first-order chi connectivity index (χ1) is 32.0. The third kappa shape index (κ3) is 20.9. The number of carbonyl (C=O) groups is 2. The number of ether oxygens (including phenoxy) is 9. The minimum atomic E-state index is -0.635. The van der Waals surface area contributed by atoms with Crippen LogP contribution in [0.3, 0.4) is 0 Å². The predicted octanol–water partition coefficient (Wildman–Crippen LogP) is 13.3. The first-order valence-electron chi connectivity index (χ1n) is 25.7. The van der Waals surface area contributed by atoms with E-state index in [0.717, 1.165) is 77.1 Å². The van der Waals surface area contributed by atoms with Crippen LogP contribution >= 0.6 is 0 Å². The molecule has 0 aromatic rings. The monoisotopic (exact) mass is 997 g/mol. The molecule has 0 radical (unpaired) electrons. The summed E-state index contributed by atoms with van der Waals surface area (Å²) in [6.45, 7) is 20.3. The lowest BCUT2D eigenvalue weighted by atomic mass is 9.76. The molecule has 7 aliphatic rings. The van der Waals surface area contributed by atoms with Gasteiger partial charge in [-0.3, -0.25) is 9.59 Å². The zero-order valence-electron chi connectivity index (χ0n) is 43.1. The lowest BCUT2D eigenvalue weighted by molar-refractivity contribution is -0.341. The van der Waals surface area contributed by atoms with Gasteiger partial charge in [0.25, 0.3) is 6.47 Å². The van der Waals surface area contributed by atoms with Gasteiger partial charge < -0.3 is 47.7 Å².